The number of ether oxygens (including phenoxy) is 1. The van der Waals surface area contributed by atoms with E-state index in [1.165, 1.54) is 12.1 Å². The van der Waals surface area contributed by atoms with E-state index in [0.29, 0.717) is 25.6 Å². The van der Waals surface area contributed by atoms with E-state index in [-0.39, 0.29) is 39.3 Å². The number of sulfonamides is 1. The first-order chi connectivity index (χ1) is 17.4. The predicted molar refractivity (Wildman–Crippen MR) is 137 cm³/mol. The van der Waals surface area contributed by atoms with Gasteiger partial charge in [0.1, 0.15) is 17.1 Å². The summed E-state index contributed by atoms with van der Waals surface area (Å²) in [5, 5.41) is 20.1. The van der Waals surface area contributed by atoms with E-state index in [9.17, 15) is 27.8 Å². The first-order valence-corrected chi connectivity index (χ1v) is 13.9. The number of nitrogens with zero attached hydrogens (tertiary/aromatic N) is 1. The van der Waals surface area contributed by atoms with Crippen LogP contribution in [0.5, 0.6) is 5.75 Å². The highest BCUT2D eigenvalue weighted by atomic mass is 32.2. The molecule has 0 bridgehead atoms. The second-order valence-electron chi connectivity index (χ2n) is 10.7. The summed E-state index contributed by atoms with van der Waals surface area (Å²) in [5.41, 5.74) is -0.154. The van der Waals surface area contributed by atoms with Crippen LogP contribution >= 0.6 is 0 Å². The second-order valence-corrected chi connectivity index (χ2v) is 12.4. The van der Waals surface area contributed by atoms with E-state index in [4.69, 9.17) is 4.74 Å². The summed E-state index contributed by atoms with van der Waals surface area (Å²) in [6.07, 6.45) is 5.11. The first kappa shape index (κ1) is 25.7. The molecule has 2 heterocycles. The van der Waals surface area contributed by atoms with Gasteiger partial charge in [0, 0.05) is 24.9 Å². The molecule has 2 aliphatic heterocycles. The molecule has 2 aromatic rings. The van der Waals surface area contributed by atoms with Crippen LogP contribution in [0.1, 0.15) is 54.1 Å². The highest BCUT2D eigenvalue weighted by molar-refractivity contribution is 7.92. The minimum Gasteiger partial charge on any atom is -0.492 e. The zero-order valence-corrected chi connectivity index (χ0v) is 21.6. The van der Waals surface area contributed by atoms with Gasteiger partial charge in [0.25, 0.3) is 10.0 Å². The number of hydrogen-bond donors (Lipinski definition) is 3. The van der Waals surface area contributed by atoms with Crippen LogP contribution in [0.15, 0.2) is 41.3 Å². The largest absolute Gasteiger partial charge is 0.492 e. The molecule has 37 heavy (non-hydrogen) atoms. The number of nitrogens with one attached hydrogen (secondary N) is 1. The van der Waals surface area contributed by atoms with Crippen molar-refractivity contribution in [1.82, 2.24) is 4.90 Å². The van der Waals surface area contributed by atoms with Gasteiger partial charge < -0.3 is 14.9 Å². The molecule has 0 radical (unpaired) electrons. The third-order valence-corrected chi connectivity index (χ3v) is 9.04. The third kappa shape index (κ3) is 5.23. The molecule has 2 fully saturated rings. The highest BCUT2D eigenvalue weighted by Gasteiger charge is 2.45. The molecular formula is C27H31FN2O6S. The zero-order valence-electron chi connectivity index (χ0n) is 20.8. The van der Waals surface area contributed by atoms with Gasteiger partial charge in [-0.15, -0.1) is 0 Å². The summed E-state index contributed by atoms with van der Waals surface area (Å²) in [6.45, 7) is 6.03. The van der Waals surface area contributed by atoms with Crippen molar-refractivity contribution >= 4 is 27.8 Å². The number of halogens is 1. The molecule has 0 amide bonds. The Balaban J connectivity index is 1.39. The topological polar surface area (TPSA) is 116 Å². The van der Waals surface area contributed by atoms with Crippen LogP contribution in [0, 0.1) is 17.7 Å². The zero-order chi connectivity index (χ0) is 26.5. The number of benzene rings is 2. The van der Waals surface area contributed by atoms with Gasteiger partial charge in [0.05, 0.1) is 22.8 Å². The Labute approximate surface area is 215 Å². The van der Waals surface area contributed by atoms with Crippen molar-refractivity contribution < 1.29 is 32.6 Å². The number of hydrogen-bond acceptors (Lipinski definition) is 6. The normalized spacial score (nSPS) is 23.4. The Morgan fingerprint density at radius 1 is 1.30 bits per heavy atom. The molecule has 0 aromatic heterocycles. The van der Waals surface area contributed by atoms with Crippen LogP contribution in [0.2, 0.25) is 0 Å². The van der Waals surface area contributed by atoms with Gasteiger partial charge in [-0.25, -0.2) is 17.6 Å². The molecule has 1 saturated carbocycles. The standard InChI is InChI=1S/C27H31FN2O6S/c1-27(2,33)18-9-11-30(14-18)10-3-4-16-12-19(28)5-8-23(16)37(34,35)29-22-7-6-20-21-13-17(21)15-36-25(20)24(22)26(31)32/h3-8,12,17-18,21,29,33H,9-11,13-15H2,1-2H3,(H,31,32)/t17-,18+,21-/m0/s1. The Morgan fingerprint density at radius 3 is 2.78 bits per heavy atom. The number of carbonyl (C=O) groups is 1. The highest BCUT2D eigenvalue weighted by Crippen LogP contribution is 2.55. The summed E-state index contributed by atoms with van der Waals surface area (Å²) < 4.78 is 49.0. The number of aromatic carboxylic acids is 1. The van der Waals surface area contributed by atoms with Crippen molar-refractivity contribution in [1.29, 1.82) is 0 Å². The van der Waals surface area contributed by atoms with E-state index < -0.39 is 27.4 Å². The maximum absolute atomic E-state index is 14.1. The van der Waals surface area contributed by atoms with Crippen LogP contribution in [-0.2, 0) is 10.0 Å². The van der Waals surface area contributed by atoms with Crippen LogP contribution in [0.3, 0.4) is 0 Å². The second kappa shape index (κ2) is 9.41. The van der Waals surface area contributed by atoms with Crippen LogP contribution in [0.4, 0.5) is 10.1 Å². The molecular weight excluding hydrogens is 499 g/mol. The minimum absolute atomic E-state index is 0.0978. The van der Waals surface area contributed by atoms with Crippen LogP contribution < -0.4 is 9.46 Å². The van der Waals surface area contributed by atoms with Gasteiger partial charge in [0.2, 0.25) is 0 Å². The minimum atomic E-state index is -4.26. The van der Waals surface area contributed by atoms with Crippen molar-refractivity contribution in [2.75, 3.05) is 31.0 Å². The number of carboxylic acids is 1. The van der Waals surface area contributed by atoms with E-state index in [1.807, 2.05) is 0 Å². The third-order valence-electron chi connectivity index (χ3n) is 7.60. The molecule has 8 nitrogen and oxygen atoms in total. The Morgan fingerprint density at radius 2 is 2.08 bits per heavy atom. The van der Waals surface area contributed by atoms with Gasteiger partial charge in [-0.3, -0.25) is 9.62 Å². The Hall–Kier alpha value is -2.95. The van der Waals surface area contributed by atoms with E-state index >= 15 is 0 Å². The average Bonchev–Trinajstić information content (AvgIpc) is 3.45. The lowest BCUT2D eigenvalue weighted by Crippen LogP contribution is -2.33. The van der Waals surface area contributed by atoms with Crippen LogP contribution in [-0.4, -0.2) is 61.3 Å². The molecule has 1 aliphatic carbocycles. The lowest BCUT2D eigenvalue weighted by molar-refractivity contribution is 0.0215. The lowest BCUT2D eigenvalue weighted by atomic mass is 9.90. The first-order valence-electron chi connectivity index (χ1n) is 12.4. The molecule has 10 heteroatoms. The van der Waals surface area contributed by atoms with E-state index in [1.54, 1.807) is 32.1 Å². The molecule has 3 N–H and O–H groups in total. The van der Waals surface area contributed by atoms with Gasteiger partial charge >= 0.3 is 5.97 Å². The SMILES string of the molecule is CC(C)(O)[C@@H]1CCN(CC=Cc2cc(F)ccc2S(=O)(=O)Nc2ccc3c(c2C(=O)O)OC[C@@H]2C[C@H]32)C1. The summed E-state index contributed by atoms with van der Waals surface area (Å²) in [5.74, 6) is -0.898. The van der Waals surface area contributed by atoms with E-state index in [0.717, 1.165) is 37.1 Å². The number of fused-ring (bicyclic) bond motifs is 3. The molecule has 3 aliphatic rings. The Kier molecular flexibility index (Phi) is 6.54. The monoisotopic (exact) mass is 530 g/mol. The molecule has 1 saturated heterocycles. The molecule has 198 valence electrons. The van der Waals surface area contributed by atoms with Gasteiger partial charge in [-0.05, 0) is 74.5 Å². The smallest absolute Gasteiger partial charge is 0.341 e. The number of carboxylic acid groups (broad SMARTS) is 1. The van der Waals surface area contributed by atoms with Gasteiger partial charge in [-0.2, -0.15) is 0 Å². The summed E-state index contributed by atoms with van der Waals surface area (Å²) in [4.78, 5) is 14.1. The number of rotatable bonds is 8. The number of likely N-dealkylation sites (tertiary alicyclic amines) is 1. The molecule has 0 spiro atoms. The van der Waals surface area contributed by atoms with Crippen molar-refractivity contribution in [3.8, 4) is 5.75 Å². The number of aliphatic hydroxyl groups is 1. The van der Waals surface area contributed by atoms with Crippen LogP contribution in [0.25, 0.3) is 6.08 Å². The Bertz CT molecular complexity index is 1370. The maximum Gasteiger partial charge on any atom is 0.341 e. The fourth-order valence-corrected chi connectivity index (χ4v) is 6.60. The molecule has 3 atom stereocenters. The van der Waals surface area contributed by atoms with Crippen molar-refractivity contribution in [3.05, 3.63) is 58.9 Å². The van der Waals surface area contributed by atoms with Crippen molar-refractivity contribution in [3.63, 3.8) is 0 Å². The fourth-order valence-electron chi connectivity index (χ4n) is 5.34. The predicted octanol–water partition coefficient (Wildman–Crippen LogP) is 3.93. The molecule has 0 unspecified atom stereocenters. The van der Waals surface area contributed by atoms with Gasteiger partial charge in [0.15, 0.2) is 0 Å². The molecule has 2 aromatic carbocycles. The van der Waals surface area contributed by atoms with Crippen molar-refractivity contribution in [2.24, 2.45) is 11.8 Å². The number of anilines is 1. The lowest BCUT2D eigenvalue weighted by Gasteiger charge is -2.25. The quantitative estimate of drug-likeness (QED) is 0.474. The summed E-state index contributed by atoms with van der Waals surface area (Å²) >= 11 is 0. The summed E-state index contributed by atoms with van der Waals surface area (Å²) in [7, 11) is -4.26. The fraction of sp³-hybridized carbons (Fsp3) is 0.444. The maximum atomic E-state index is 14.1. The average molecular weight is 531 g/mol. The molecule has 5 rings (SSSR count). The van der Waals surface area contributed by atoms with Crippen molar-refractivity contribution in [2.45, 2.75) is 43.1 Å². The van der Waals surface area contributed by atoms with E-state index in [2.05, 4.69) is 9.62 Å². The summed E-state index contributed by atoms with van der Waals surface area (Å²) in [6, 6.07) is 6.53. The van der Waals surface area contributed by atoms with Gasteiger partial charge in [-0.1, -0.05) is 18.2 Å².